The van der Waals surface area contributed by atoms with Gasteiger partial charge in [0.2, 0.25) is 21.8 Å². The Bertz CT molecular complexity index is 1730. The van der Waals surface area contributed by atoms with Gasteiger partial charge < -0.3 is 10.2 Å². The molecule has 2 amide bonds. The number of halogens is 2. The fraction of sp³-hybridized carbons (Fsp3) is 0.487. The van der Waals surface area contributed by atoms with Gasteiger partial charge in [0.25, 0.3) is 0 Å². The van der Waals surface area contributed by atoms with Crippen LogP contribution in [0.5, 0.6) is 0 Å². The van der Waals surface area contributed by atoms with Gasteiger partial charge in [-0.3, -0.25) is 13.9 Å². The summed E-state index contributed by atoms with van der Waals surface area (Å²) in [7, 11) is -3.87. The Kier molecular flexibility index (Phi) is 10.7. The molecule has 4 aliphatic carbocycles. The van der Waals surface area contributed by atoms with Crippen LogP contribution in [0.4, 0.5) is 5.69 Å². The molecule has 0 heterocycles. The van der Waals surface area contributed by atoms with E-state index in [-0.39, 0.29) is 30.2 Å². The van der Waals surface area contributed by atoms with E-state index in [0.717, 1.165) is 33.9 Å². The second-order valence-corrected chi connectivity index (χ2v) is 17.9. The number of hydrogen-bond acceptors (Lipinski definition) is 4. The van der Waals surface area contributed by atoms with Crippen LogP contribution in [0.2, 0.25) is 10.0 Å². The molecule has 0 aromatic heterocycles. The number of rotatable bonds is 13. The summed E-state index contributed by atoms with van der Waals surface area (Å²) in [4.78, 5) is 29.8. The fourth-order valence-electron chi connectivity index (χ4n) is 8.87. The highest BCUT2D eigenvalue weighted by molar-refractivity contribution is 7.92. The van der Waals surface area contributed by atoms with E-state index < -0.39 is 28.5 Å². The van der Waals surface area contributed by atoms with Crippen molar-refractivity contribution in [3.05, 3.63) is 99.5 Å². The summed E-state index contributed by atoms with van der Waals surface area (Å²) < 4.78 is 27.9. The molecule has 3 aromatic carbocycles. The van der Waals surface area contributed by atoms with Gasteiger partial charge in [0, 0.05) is 19.5 Å². The summed E-state index contributed by atoms with van der Waals surface area (Å²) in [5, 5.41) is 3.71. The molecular formula is C39H47Cl2N3O4S. The summed E-state index contributed by atoms with van der Waals surface area (Å²) in [6.07, 6.45) is 9.03. The van der Waals surface area contributed by atoms with Crippen molar-refractivity contribution in [1.82, 2.24) is 10.2 Å². The first-order chi connectivity index (χ1) is 23.3. The molecule has 1 atom stereocenters. The number of sulfonamides is 1. The Morgan fingerprint density at radius 2 is 1.47 bits per heavy atom. The highest BCUT2D eigenvalue weighted by atomic mass is 35.5. The van der Waals surface area contributed by atoms with Gasteiger partial charge in [-0.15, -0.1) is 0 Å². The Hall–Kier alpha value is -3.07. The predicted molar refractivity (Wildman–Crippen MR) is 197 cm³/mol. The van der Waals surface area contributed by atoms with E-state index in [4.69, 9.17) is 23.2 Å². The zero-order valence-corrected chi connectivity index (χ0v) is 30.9. The van der Waals surface area contributed by atoms with E-state index in [2.05, 4.69) is 17.4 Å². The lowest BCUT2D eigenvalue weighted by molar-refractivity contribution is -0.140. The molecule has 4 aliphatic rings. The minimum atomic E-state index is -3.87. The van der Waals surface area contributed by atoms with Crippen LogP contribution in [-0.4, -0.2) is 50.5 Å². The van der Waals surface area contributed by atoms with Crippen LogP contribution in [0.1, 0.15) is 69.1 Å². The van der Waals surface area contributed by atoms with E-state index in [1.54, 1.807) is 18.2 Å². The van der Waals surface area contributed by atoms with Gasteiger partial charge in [-0.25, -0.2) is 8.42 Å². The molecule has 0 radical (unpaired) electrons. The summed E-state index contributed by atoms with van der Waals surface area (Å²) >= 11 is 12.6. The lowest BCUT2D eigenvalue weighted by Gasteiger charge is -2.57. The van der Waals surface area contributed by atoms with Crippen LogP contribution in [0.15, 0.2) is 72.8 Å². The molecule has 3 aromatic rings. The van der Waals surface area contributed by atoms with Gasteiger partial charge in [0.05, 0.1) is 22.0 Å². The van der Waals surface area contributed by atoms with E-state index in [0.29, 0.717) is 27.8 Å². The third-order valence-electron chi connectivity index (χ3n) is 10.8. The summed E-state index contributed by atoms with van der Waals surface area (Å²) in [6, 6.07) is 21.5. The topological polar surface area (TPSA) is 86.8 Å². The molecule has 4 saturated carbocycles. The molecule has 0 unspecified atom stereocenters. The quantitative estimate of drug-likeness (QED) is 0.196. The van der Waals surface area contributed by atoms with Crippen LogP contribution < -0.4 is 9.62 Å². The van der Waals surface area contributed by atoms with Gasteiger partial charge in [0.1, 0.15) is 12.6 Å². The zero-order valence-electron chi connectivity index (χ0n) is 28.6. The highest BCUT2D eigenvalue weighted by Crippen LogP contribution is 2.60. The second-order valence-electron chi connectivity index (χ2n) is 15.1. The Morgan fingerprint density at radius 3 is 2.02 bits per heavy atom. The lowest BCUT2D eigenvalue weighted by atomic mass is 9.48. The smallest absolute Gasteiger partial charge is 0.244 e. The van der Waals surface area contributed by atoms with E-state index in [1.807, 2.05) is 56.3 Å². The van der Waals surface area contributed by atoms with Gasteiger partial charge in [-0.1, -0.05) is 85.6 Å². The molecule has 0 saturated heterocycles. The molecule has 49 heavy (non-hydrogen) atoms. The molecule has 7 nitrogen and oxygen atoms in total. The first-order valence-corrected chi connectivity index (χ1v) is 20.0. The van der Waals surface area contributed by atoms with Crippen LogP contribution in [0.3, 0.4) is 0 Å². The van der Waals surface area contributed by atoms with E-state index in [9.17, 15) is 18.0 Å². The van der Waals surface area contributed by atoms with Gasteiger partial charge in [-0.2, -0.15) is 0 Å². The standard InChI is InChI=1S/C39H47Cl2N3O4S/c1-26(2)23-42-38(46)36(19-27-7-5-4-6-8-27)43(24-28-9-14-34(40)35(41)18-28)37(45)25-44(49(3,47)48)33-12-10-32(11-13-33)39-20-29-15-30(21-39)17-31(16-29)22-39/h4-14,18,26,29-31,36H,15-17,19-25H2,1-3H3,(H,42,46)/t29?,30?,31?,36-,39?/m1/s1. The van der Waals surface area contributed by atoms with Gasteiger partial charge in [0.15, 0.2) is 0 Å². The number of nitrogens with zero attached hydrogens (tertiary/aromatic N) is 2. The molecule has 4 fully saturated rings. The summed E-state index contributed by atoms with van der Waals surface area (Å²) in [5.41, 5.74) is 3.43. The number of benzene rings is 3. The van der Waals surface area contributed by atoms with Crippen molar-refractivity contribution in [3.8, 4) is 0 Å². The number of anilines is 1. The largest absolute Gasteiger partial charge is 0.354 e. The summed E-state index contributed by atoms with van der Waals surface area (Å²) in [6.45, 7) is 4.02. The SMILES string of the molecule is CC(C)CNC(=O)[C@@H](Cc1ccccc1)N(Cc1ccc(Cl)c(Cl)c1)C(=O)CN(c1ccc(C23CC4CC(CC(C4)C2)C3)cc1)S(C)(=O)=O. The number of carbonyl (C=O) groups excluding carboxylic acids is 2. The summed E-state index contributed by atoms with van der Waals surface area (Å²) in [5.74, 6) is 1.76. The fourth-order valence-corrected chi connectivity index (χ4v) is 10.0. The molecular weight excluding hydrogens is 677 g/mol. The van der Waals surface area contributed by atoms with Crippen molar-refractivity contribution in [3.63, 3.8) is 0 Å². The van der Waals surface area contributed by atoms with Crippen LogP contribution in [0, 0.1) is 23.7 Å². The van der Waals surface area contributed by atoms with Gasteiger partial charge >= 0.3 is 0 Å². The van der Waals surface area contributed by atoms with E-state index >= 15 is 0 Å². The Labute approximate surface area is 301 Å². The lowest BCUT2D eigenvalue weighted by Crippen LogP contribution is -2.53. The predicted octanol–water partition coefficient (Wildman–Crippen LogP) is 7.64. The molecule has 10 heteroatoms. The monoisotopic (exact) mass is 723 g/mol. The molecule has 0 aliphatic heterocycles. The van der Waals surface area contributed by atoms with Crippen molar-refractivity contribution in [2.24, 2.45) is 23.7 Å². The molecule has 7 rings (SSSR count). The maximum atomic E-state index is 14.5. The van der Waals surface area contributed by atoms with Crippen molar-refractivity contribution in [2.45, 2.75) is 76.8 Å². The van der Waals surface area contributed by atoms with Crippen molar-refractivity contribution < 1.29 is 18.0 Å². The third-order valence-corrected chi connectivity index (χ3v) is 12.7. The number of hydrogen-bond donors (Lipinski definition) is 1. The van der Waals surface area contributed by atoms with Crippen LogP contribution >= 0.6 is 23.2 Å². The average molecular weight is 725 g/mol. The minimum Gasteiger partial charge on any atom is -0.354 e. The van der Waals surface area contributed by atoms with Crippen molar-refractivity contribution in [2.75, 3.05) is 23.7 Å². The van der Waals surface area contributed by atoms with Crippen LogP contribution in [-0.2, 0) is 38.0 Å². The molecule has 1 N–H and O–H groups in total. The zero-order chi connectivity index (χ0) is 34.9. The molecule has 262 valence electrons. The number of nitrogens with one attached hydrogen (secondary N) is 1. The van der Waals surface area contributed by atoms with Crippen LogP contribution in [0.25, 0.3) is 0 Å². The van der Waals surface area contributed by atoms with Gasteiger partial charge in [-0.05, 0) is 109 Å². The number of carbonyl (C=O) groups is 2. The Morgan fingerprint density at radius 1 is 0.857 bits per heavy atom. The Balaban J connectivity index is 1.31. The maximum Gasteiger partial charge on any atom is 0.244 e. The van der Waals surface area contributed by atoms with Crippen molar-refractivity contribution in [1.29, 1.82) is 0 Å². The number of amides is 2. The normalized spacial score (nSPS) is 23.3. The maximum absolute atomic E-state index is 14.5. The minimum absolute atomic E-state index is 0.0326. The molecule has 4 bridgehead atoms. The third kappa shape index (κ3) is 8.29. The van der Waals surface area contributed by atoms with E-state index in [1.165, 1.54) is 49.0 Å². The first-order valence-electron chi connectivity index (χ1n) is 17.4. The second kappa shape index (κ2) is 14.7. The molecule has 0 spiro atoms. The van der Waals surface area contributed by atoms with Crippen molar-refractivity contribution >= 4 is 50.7 Å². The first kappa shape index (κ1) is 35.7. The average Bonchev–Trinajstić information content (AvgIpc) is 3.05. The highest BCUT2D eigenvalue weighted by Gasteiger charge is 2.51.